The van der Waals surface area contributed by atoms with Crippen molar-refractivity contribution < 1.29 is 14.3 Å². The average Bonchev–Trinajstić information content (AvgIpc) is 3.28. The normalized spacial score (nSPS) is 32.9. The smallest absolute Gasteiger partial charge is 0.317 e. The van der Waals surface area contributed by atoms with Crippen molar-refractivity contribution in [2.45, 2.75) is 63.6 Å². The van der Waals surface area contributed by atoms with E-state index in [4.69, 9.17) is 4.74 Å². The van der Waals surface area contributed by atoms with Crippen molar-refractivity contribution in [1.29, 1.82) is 0 Å². The number of carbonyl (C=O) groups excluding carboxylic acids is 2. The quantitative estimate of drug-likeness (QED) is 0.848. The Morgan fingerprint density at radius 3 is 2.48 bits per heavy atom. The van der Waals surface area contributed by atoms with Crippen LogP contribution in [0.15, 0.2) is 0 Å². The summed E-state index contributed by atoms with van der Waals surface area (Å²) < 4.78 is 6.00. The van der Waals surface area contributed by atoms with Crippen LogP contribution in [0.4, 0.5) is 4.79 Å². The van der Waals surface area contributed by atoms with E-state index < -0.39 is 0 Å². The van der Waals surface area contributed by atoms with E-state index in [0.717, 1.165) is 38.9 Å². The number of morpholine rings is 1. The minimum absolute atomic E-state index is 0.0238. The fourth-order valence-electron chi connectivity index (χ4n) is 4.99. The number of carbonyl (C=O) groups is 2. The van der Waals surface area contributed by atoms with E-state index in [1.165, 1.54) is 32.1 Å². The first-order valence-electron chi connectivity index (χ1n) is 10.2. The van der Waals surface area contributed by atoms with Crippen molar-refractivity contribution in [3.8, 4) is 0 Å². The van der Waals surface area contributed by atoms with Crippen LogP contribution in [0.5, 0.6) is 0 Å². The van der Waals surface area contributed by atoms with Gasteiger partial charge in [-0.15, -0.1) is 0 Å². The molecule has 1 aliphatic carbocycles. The lowest BCUT2D eigenvalue weighted by Crippen LogP contribution is -2.52. The average molecular weight is 349 g/mol. The fourth-order valence-corrected chi connectivity index (χ4v) is 4.99. The molecule has 2 bridgehead atoms. The number of amides is 3. The van der Waals surface area contributed by atoms with Crippen LogP contribution in [-0.2, 0) is 9.53 Å². The predicted molar refractivity (Wildman–Crippen MR) is 94.1 cm³/mol. The van der Waals surface area contributed by atoms with E-state index in [9.17, 15) is 9.59 Å². The highest BCUT2D eigenvalue weighted by Gasteiger charge is 2.47. The van der Waals surface area contributed by atoms with Crippen LogP contribution in [0.25, 0.3) is 0 Å². The highest BCUT2D eigenvalue weighted by molar-refractivity contribution is 5.80. The van der Waals surface area contributed by atoms with Gasteiger partial charge in [-0.1, -0.05) is 19.3 Å². The van der Waals surface area contributed by atoms with E-state index >= 15 is 0 Å². The molecule has 4 aliphatic rings. The monoisotopic (exact) mass is 349 g/mol. The molecule has 0 unspecified atom stereocenters. The molecule has 6 nitrogen and oxygen atoms in total. The van der Waals surface area contributed by atoms with Crippen LogP contribution >= 0.6 is 0 Å². The molecule has 140 valence electrons. The number of likely N-dealkylation sites (tertiary alicyclic amines) is 2. The van der Waals surface area contributed by atoms with Crippen molar-refractivity contribution in [1.82, 2.24) is 15.1 Å². The Morgan fingerprint density at radius 1 is 0.960 bits per heavy atom. The lowest BCUT2D eigenvalue weighted by atomic mass is 9.89. The Hall–Kier alpha value is -1.30. The summed E-state index contributed by atoms with van der Waals surface area (Å²) in [6.07, 6.45) is 9.30. The molecule has 6 heteroatoms. The molecule has 3 aliphatic heterocycles. The summed E-state index contributed by atoms with van der Waals surface area (Å²) in [4.78, 5) is 29.1. The molecule has 0 aromatic rings. The van der Waals surface area contributed by atoms with Gasteiger partial charge in [-0.3, -0.25) is 4.79 Å². The van der Waals surface area contributed by atoms with Crippen molar-refractivity contribution in [2.24, 2.45) is 11.8 Å². The topological polar surface area (TPSA) is 61.9 Å². The molecule has 3 amide bonds. The predicted octanol–water partition coefficient (Wildman–Crippen LogP) is 1.99. The summed E-state index contributed by atoms with van der Waals surface area (Å²) in [5.74, 6) is 0.827. The van der Waals surface area contributed by atoms with E-state index in [1.54, 1.807) is 0 Å². The van der Waals surface area contributed by atoms with Gasteiger partial charge in [0.2, 0.25) is 5.91 Å². The molecular formula is C19H31N3O3. The number of urea groups is 1. The Morgan fingerprint density at radius 2 is 1.72 bits per heavy atom. The summed E-state index contributed by atoms with van der Waals surface area (Å²) in [6.45, 7) is 3.74. The third-order valence-corrected chi connectivity index (χ3v) is 6.45. The highest BCUT2D eigenvalue weighted by atomic mass is 16.5. The van der Waals surface area contributed by atoms with Crippen LogP contribution in [-0.4, -0.2) is 66.7 Å². The lowest BCUT2D eigenvalue weighted by molar-refractivity contribution is -0.137. The summed E-state index contributed by atoms with van der Waals surface area (Å²) in [5, 5.41) is 3.13. The maximum absolute atomic E-state index is 12.7. The van der Waals surface area contributed by atoms with Crippen molar-refractivity contribution in [3.05, 3.63) is 0 Å². The number of hydrogen-bond donors (Lipinski definition) is 1. The molecule has 0 radical (unpaired) electrons. The summed E-state index contributed by atoms with van der Waals surface area (Å²) in [6, 6.07) is 0.0261. The van der Waals surface area contributed by atoms with Gasteiger partial charge in [0, 0.05) is 32.7 Å². The fraction of sp³-hybridized carbons (Fsp3) is 0.895. The van der Waals surface area contributed by atoms with Crippen LogP contribution < -0.4 is 5.32 Å². The van der Waals surface area contributed by atoms with Gasteiger partial charge in [0.15, 0.2) is 0 Å². The van der Waals surface area contributed by atoms with Crippen LogP contribution in [0, 0.1) is 11.8 Å². The molecule has 4 rings (SSSR count). The maximum atomic E-state index is 12.7. The van der Waals surface area contributed by atoms with Crippen molar-refractivity contribution in [3.63, 3.8) is 0 Å². The Kier molecular flexibility index (Phi) is 5.15. The SMILES string of the molecule is O=C(NCC1CCCCC1)N1C[C@H]2C[C@H](C(=O)N3CCCC3)[C@@H](C1)O2. The molecule has 3 saturated heterocycles. The first-order valence-corrected chi connectivity index (χ1v) is 10.2. The molecular weight excluding hydrogens is 318 g/mol. The molecule has 4 fully saturated rings. The van der Waals surface area contributed by atoms with Crippen molar-refractivity contribution in [2.75, 3.05) is 32.7 Å². The largest absolute Gasteiger partial charge is 0.370 e. The molecule has 0 aromatic carbocycles. The maximum Gasteiger partial charge on any atom is 0.317 e. The first kappa shape index (κ1) is 17.1. The Bertz CT molecular complexity index is 500. The van der Waals surface area contributed by atoms with Gasteiger partial charge in [0.1, 0.15) is 0 Å². The summed E-state index contributed by atoms with van der Waals surface area (Å²) in [5.41, 5.74) is 0. The van der Waals surface area contributed by atoms with Crippen LogP contribution in [0.2, 0.25) is 0 Å². The summed E-state index contributed by atoms with van der Waals surface area (Å²) in [7, 11) is 0. The third kappa shape index (κ3) is 3.78. The lowest BCUT2D eigenvalue weighted by Gasteiger charge is -2.33. The van der Waals surface area contributed by atoms with Gasteiger partial charge in [-0.25, -0.2) is 4.79 Å². The molecule has 3 atom stereocenters. The third-order valence-electron chi connectivity index (χ3n) is 6.45. The molecule has 0 aromatic heterocycles. The van der Waals surface area contributed by atoms with Crippen molar-refractivity contribution >= 4 is 11.9 Å². The zero-order chi connectivity index (χ0) is 17.2. The zero-order valence-electron chi connectivity index (χ0n) is 15.1. The van der Waals surface area contributed by atoms with Gasteiger partial charge >= 0.3 is 6.03 Å². The minimum Gasteiger partial charge on any atom is -0.370 e. The number of nitrogens with one attached hydrogen (secondary N) is 1. The van der Waals surface area contributed by atoms with Gasteiger partial charge in [0.25, 0.3) is 0 Å². The molecule has 0 spiro atoms. The van der Waals surface area contributed by atoms with Crippen LogP contribution in [0.1, 0.15) is 51.4 Å². The molecule has 25 heavy (non-hydrogen) atoms. The second-order valence-corrected chi connectivity index (χ2v) is 8.27. The standard InChI is InChI=1S/C19H31N3O3/c23-18(21-8-4-5-9-21)16-10-15-12-22(13-17(16)25-15)19(24)20-11-14-6-2-1-3-7-14/h14-17H,1-13H2,(H,20,24)/t15-,16+,17-/m1/s1. The number of nitrogens with zero attached hydrogens (tertiary/aromatic N) is 2. The van der Waals surface area contributed by atoms with E-state index in [1.807, 2.05) is 9.80 Å². The van der Waals surface area contributed by atoms with Gasteiger partial charge in [-0.05, 0) is 38.0 Å². The van der Waals surface area contributed by atoms with Gasteiger partial charge in [0.05, 0.1) is 18.1 Å². The zero-order valence-corrected chi connectivity index (χ0v) is 15.1. The molecule has 1 saturated carbocycles. The number of fused-ring (bicyclic) bond motifs is 2. The second kappa shape index (κ2) is 7.52. The number of ether oxygens (including phenoxy) is 1. The first-order chi connectivity index (χ1) is 12.2. The molecule has 3 heterocycles. The van der Waals surface area contributed by atoms with E-state index in [-0.39, 0.29) is 30.1 Å². The minimum atomic E-state index is -0.118. The highest BCUT2D eigenvalue weighted by Crippen LogP contribution is 2.34. The Balaban J connectivity index is 1.29. The van der Waals surface area contributed by atoms with Gasteiger partial charge < -0.3 is 19.9 Å². The molecule has 1 N–H and O–H groups in total. The van der Waals surface area contributed by atoms with Gasteiger partial charge in [-0.2, -0.15) is 0 Å². The second-order valence-electron chi connectivity index (χ2n) is 8.27. The number of rotatable bonds is 3. The van der Waals surface area contributed by atoms with E-state index in [0.29, 0.717) is 19.0 Å². The van der Waals surface area contributed by atoms with E-state index in [2.05, 4.69) is 5.32 Å². The summed E-state index contributed by atoms with van der Waals surface area (Å²) >= 11 is 0. The van der Waals surface area contributed by atoms with Crippen LogP contribution in [0.3, 0.4) is 0 Å². The Labute approximate surface area is 150 Å². The number of hydrogen-bond acceptors (Lipinski definition) is 3.